The summed E-state index contributed by atoms with van der Waals surface area (Å²) in [6.45, 7) is 1.87. The van der Waals surface area contributed by atoms with E-state index in [-0.39, 0.29) is 17.7 Å². The third kappa shape index (κ3) is 10.2. The van der Waals surface area contributed by atoms with Crippen LogP contribution in [0.5, 0.6) is 0 Å². The van der Waals surface area contributed by atoms with Gasteiger partial charge in [0.2, 0.25) is 11.8 Å². The van der Waals surface area contributed by atoms with E-state index < -0.39 is 6.09 Å². The van der Waals surface area contributed by atoms with Crippen LogP contribution in [0.1, 0.15) is 53.5 Å². The van der Waals surface area contributed by atoms with Crippen molar-refractivity contribution in [2.24, 2.45) is 4.99 Å². The van der Waals surface area contributed by atoms with E-state index in [9.17, 15) is 19.2 Å². The summed E-state index contributed by atoms with van der Waals surface area (Å²) in [4.78, 5) is 56.9. The summed E-state index contributed by atoms with van der Waals surface area (Å²) in [5.41, 5.74) is 2.19. The lowest BCUT2D eigenvalue weighted by molar-refractivity contribution is -0.128. The van der Waals surface area contributed by atoms with E-state index in [1.165, 1.54) is 6.92 Å². The first-order valence-electron chi connectivity index (χ1n) is 11.5. The minimum Gasteiger partial charge on any atom is -0.465 e. The van der Waals surface area contributed by atoms with Crippen LogP contribution in [0.4, 0.5) is 15.6 Å². The number of aryl methyl sites for hydroxylation is 2. The maximum Gasteiger partial charge on any atom is 0.409 e. The number of rotatable bonds is 13. The monoisotopic (exact) mass is 516 g/mol. The average molecular weight is 517 g/mol. The van der Waals surface area contributed by atoms with Crippen LogP contribution in [0.2, 0.25) is 0 Å². The number of aromatic nitrogens is 1. The quantitative estimate of drug-likeness (QED) is 0.182. The Hall–Kier alpha value is -3.80. The maximum atomic E-state index is 12.8. The lowest BCUT2D eigenvalue weighted by Gasteiger charge is -2.09. The molecule has 0 fully saturated rings. The molecule has 0 saturated carbocycles. The lowest BCUT2D eigenvalue weighted by Crippen LogP contribution is -2.25. The van der Waals surface area contributed by atoms with E-state index in [0.29, 0.717) is 47.2 Å². The molecule has 0 saturated heterocycles. The van der Waals surface area contributed by atoms with E-state index in [4.69, 9.17) is 5.11 Å². The SMILES string of the molecule is CC(=O)Nc1nc(CCc2ccc(N=CNC(=O)O)cc2)c(C(=O)NCCCCCC(=O)N(C)C)s1. The highest BCUT2D eigenvalue weighted by molar-refractivity contribution is 7.17. The summed E-state index contributed by atoms with van der Waals surface area (Å²) >= 11 is 1.14. The van der Waals surface area contributed by atoms with Gasteiger partial charge in [-0.15, -0.1) is 0 Å². The zero-order valence-electron chi connectivity index (χ0n) is 20.7. The number of amides is 4. The molecule has 4 amide bonds. The van der Waals surface area contributed by atoms with Gasteiger partial charge < -0.3 is 20.6 Å². The van der Waals surface area contributed by atoms with Crippen LogP contribution in [-0.2, 0) is 22.4 Å². The fourth-order valence-corrected chi connectivity index (χ4v) is 4.13. The van der Waals surface area contributed by atoms with Gasteiger partial charge in [-0.1, -0.05) is 29.9 Å². The molecule has 194 valence electrons. The number of hydrogen-bond acceptors (Lipinski definition) is 7. The topological polar surface area (TPSA) is 153 Å². The van der Waals surface area contributed by atoms with Crippen molar-refractivity contribution in [3.05, 3.63) is 40.4 Å². The number of nitrogens with one attached hydrogen (secondary N) is 3. The first-order chi connectivity index (χ1) is 17.2. The van der Waals surface area contributed by atoms with Crippen LogP contribution in [0.3, 0.4) is 0 Å². The molecule has 0 atom stereocenters. The molecule has 1 heterocycles. The number of carbonyl (C=O) groups excluding carboxylic acids is 3. The molecule has 4 N–H and O–H groups in total. The van der Waals surface area contributed by atoms with Gasteiger partial charge in [-0.25, -0.2) is 14.8 Å². The van der Waals surface area contributed by atoms with Crippen LogP contribution in [0, 0.1) is 0 Å². The first kappa shape index (κ1) is 28.4. The van der Waals surface area contributed by atoms with Crippen LogP contribution in [-0.4, -0.2) is 65.8 Å². The average Bonchev–Trinajstić information content (AvgIpc) is 3.22. The Labute approximate surface area is 214 Å². The number of thiazole rings is 1. The minimum atomic E-state index is -1.19. The van der Waals surface area contributed by atoms with Crippen molar-refractivity contribution >= 4 is 52.3 Å². The molecule has 11 nitrogen and oxygen atoms in total. The number of carboxylic acid groups (broad SMARTS) is 1. The molecule has 12 heteroatoms. The van der Waals surface area contributed by atoms with Crippen molar-refractivity contribution in [2.75, 3.05) is 26.0 Å². The number of anilines is 1. The minimum absolute atomic E-state index is 0.0939. The second-order valence-corrected chi connectivity index (χ2v) is 9.20. The van der Waals surface area contributed by atoms with E-state index in [0.717, 1.165) is 42.5 Å². The molecule has 0 spiro atoms. The molecule has 36 heavy (non-hydrogen) atoms. The van der Waals surface area contributed by atoms with Gasteiger partial charge in [0.05, 0.1) is 17.7 Å². The molecule has 0 unspecified atom stereocenters. The molecule has 1 aromatic heterocycles. The molecule has 2 rings (SSSR count). The number of benzene rings is 1. The van der Waals surface area contributed by atoms with E-state index in [1.807, 2.05) is 12.1 Å². The molecule has 0 aliphatic heterocycles. The normalized spacial score (nSPS) is 10.8. The molecule has 0 aliphatic carbocycles. The second-order valence-electron chi connectivity index (χ2n) is 8.20. The van der Waals surface area contributed by atoms with Gasteiger partial charge in [0.1, 0.15) is 4.88 Å². The Bertz CT molecular complexity index is 1080. The number of hydrogen-bond donors (Lipinski definition) is 4. The highest BCUT2D eigenvalue weighted by atomic mass is 32.1. The fraction of sp³-hybridized carbons (Fsp3) is 0.417. The number of carbonyl (C=O) groups is 4. The summed E-state index contributed by atoms with van der Waals surface area (Å²) in [7, 11) is 3.47. The second kappa shape index (κ2) is 14.6. The maximum absolute atomic E-state index is 12.8. The Morgan fingerprint density at radius 2 is 1.81 bits per heavy atom. The predicted octanol–water partition coefficient (Wildman–Crippen LogP) is 3.19. The van der Waals surface area contributed by atoms with Gasteiger partial charge >= 0.3 is 6.09 Å². The Morgan fingerprint density at radius 1 is 1.08 bits per heavy atom. The zero-order valence-corrected chi connectivity index (χ0v) is 21.5. The zero-order chi connectivity index (χ0) is 26.5. The third-order valence-electron chi connectivity index (χ3n) is 5.03. The van der Waals surface area contributed by atoms with Crippen molar-refractivity contribution in [3.63, 3.8) is 0 Å². The van der Waals surface area contributed by atoms with E-state index in [2.05, 4.69) is 25.9 Å². The highest BCUT2D eigenvalue weighted by Gasteiger charge is 2.18. The summed E-state index contributed by atoms with van der Waals surface area (Å²) in [5.74, 6) is -0.404. The smallest absolute Gasteiger partial charge is 0.409 e. The summed E-state index contributed by atoms with van der Waals surface area (Å²) in [5, 5.41) is 16.6. The highest BCUT2D eigenvalue weighted by Crippen LogP contribution is 2.25. The molecule has 1 aromatic carbocycles. The van der Waals surface area contributed by atoms with Gasteiger partial charge in [0, 0.05) is 34.0 Å². The fourth-order valence-electron chi connectivity index (χ4n) is 3.16. The lowest BCUT2D eigenvalue weighted by atomic mass is 10.1. The van der Waals surface area contributed by atoms with E-state index in [1.54, 1.807) is 31.1 Å². The largest absolute Gasteiger partial charge is 0.465 e. The molecular weight excluding hydrogens is 484 g/mol. The first-order valence-corrected chi connectivity index (χ1v) is 12.3. The van der Waals surface area contributed by atoms with Crippen LogP contribution >= 0.6 is 11.3 Å². The number of unbranched alkanes of at least 4 members (excludes halogenated alkanes) is 2. The van der Waals surface area contributed by atoms with Gasteiger partial charge in [0.15, 0.2) is 5.13 Å². The summed E-state index contributed by atoms with van der Waals surface area (Å²) in [6.07, 6.45) is 3.88. The van der Waals surface area contributed by atoms with Crippen molar-refractivity contribution in [2.45, 2.75) is 45.4 Å². The molecular formula is C24H32N6O5S. The summed E-state index contributed by atoms with van der Waals surface area (Å²) < 4.78 is 0. The molecule has 2 aromatic rings. The van der Waals surface area contributed by atoms with E-state index >= 15 is 0 Å². The van der Waals surface area contributed by atoms with Crippen LogP contribution in [0.25, 0.3) is 0 Å². The molecule has 0 radical (unpaired) electrons. The summed E-state index contributed by atoms with van der Waals surface area (Å²) in [6, 6.07) is 7.27. The molecule has 0 bridgehead atoms. The van der Waals surface area contributed by atoms with Gasteiger partial charge in [-0.05, 0) is 43.4 Å². The Balaban J connectivity index is 1.93. The Morgan fingerprint density at radius 3 is 2.44 bits per heavy atom. The van der Waals surface area contributed by atoms with Gasteiger partial charge in [-0.3, -0.25) is 19.7 Å². The van der Waals surface area contributed by atoms with Crippen molar-refractivity contribution in [1.82, 2.24) is 20.5 Å². The van der Waals surface area contributed by atoms with Gasteiger partial charge in [-0.2, -0.15) is 0 Å². The standard InChI is InChI=1S/C24H32N6O5S/c1-16(31)28-23-29-19(13-10-17-8-11-18(12-9-17)26-15-27-24(34)35)21(36-23)22(33)25-14-6-4-5-7-20(32)30(2)3/h8-9,11-12,15H,4-7,10,13-14H2,1-3H3,(H,25,33)(H,26,27)(H,34,35)(H,28,29,31). The van der Waals surface area contributed by atoms with Crippen LogP contribution < -0.4 is 16.0 Å². The Kier molecular flexibility index (Phi) is 11.5. The molecule has 0 aliphatic rings. The van der Waals surface area contributed by atoms with Crippen molar-refractivity contribution in [3.8, 4) is 0 Å². The van der Waals surface area contributed by atoms with Crippen LogP contribution in [0.15, 0.2) is 29.3 Å². The van der Waals surface area contributed by atoms with Crippen molar-refractivity contribution in [1.29, 1.82) is 0 Å². The van der Waals surface area contributed by atoms with Gasteiger partial charge in [0.25, 0.3) is 5.91 Å². The predicted molar refractivity (Wildman–Crippen MR) is 139 cm³/mol. The number of nitrogens with zero attached hydrogens (tertiary/aromatic N) is 3. The number of aliphatic imine (C=N–C) groups is 1. The van der Waals surface area contributed by atoms with Crippen molar-refractivity contribution < 1.29 is 24.3 Å². The third-order valence-corrected chi connectivity index (χ3v) is 6.04.